The van der Waals surface area contributed by atoms with Crippen molar-refractivity contribution in [3.8, 4) is 5.75 Å². The van der Waals surface area contributed by atoms with Gasteiger partial charge in [-0.2, -0.15) is 0 Å². The quantitative estimate of drug-likeness (QED) is 0.559. The highest BCUT2D eigenvalue weighted by Crippen LogP contribution is 2.28. The monoisotopic (exact) mass is 388 g/mol. The van der Waals surface area contributed by atoms with Crippen LogP contribution in [0.25, 0.3) is 11.0 Å². The van der Waals surface area contributed by atoms with E-state index < -0.39 is 0 Å². The van der Waals surface area contributed by atoms with E-state index in [1.54, 1.807) is 25.3 Å². The highest BCUT2D eigenvalue weighted by atomic mass is 35.5. The first-order chi connectivity index (χ1) is 13.1. The summed E-state index contributed by atoms with van der Waals surface area (Å²) >= 11 is 6.19. The van der Waals surface area contributed by atoms with Crippen molar-refractivity contribution in [2.24, 2.45) is 0 Å². The largest absolute Gasteiger partial charge is 0.490 e. The molecule has 0 aliphatic carbocycles. The summed E-state index contributed by atoms with van der Waals surface area (Å²) < 4.78 is 16.2. The van der Waals surface area contributed by atoms with E-state index in [-0.39, 0.29) is 12.1 Å². The number of rotatable bonds is 7. The van der Waals surface area contributed by atoms with E-state index in [1.165, 1.54) is 0 Å². The lowest BCUT2D eigenvalue weighted by molar-refractivity contribution is 0.146. The molecule has 7 heteroatoms. The Morgan fingerprint density at radius 1 is 1.19 bits per heavy atom. The fourth-order valence-electron chi connectivity index (χ4n) is 2.58. The normalized spacial score (nSPS) is 12.0. The molecule has 27 heavy (non-hydrogen) atoms. The van der Waals surface area contributed by atoms with Crippen LogP contribution in [-0.2, 0) is 4.74 Å². The van der Waals surface area contributed by atoms with Crippen LogP contribution < -0.4 is 15.4 Å². The number of hydrogen-bond donors (Lipinski definition) is 2. The number of amides is 2. The second kappa shape index (κ2) is 8.79. The van der Waals surface area contributed by atoms with Crippen molar-refractivity contribution < 1.29 is 18.7 Å². The maximum Gasteiger partial charge on any atom is 0.319 e. The zero-order valence-electron chi connectivity index (χ0n) is 15.1. The maximum atomic E-state index is 12.3. The summed E-state index contributed by atoms with van der Waals surface area (Å²) in [6, 6.07) is 14.0. The molecular formula is C20H21ClN2O4. The molecule has 0 radical (unpaired) electrons. The highest BCUT2D eigenvalue weighted by molar-refractivity contribution is 6.32. The smallest absolute Gasteiger partial charge is 0.319 e. The van der Waals surface area contributed by atoms with Crippen LogP contribution in [0.5, 0.6) is 5.75 Å². The molecule has 0 spiro atoms. The zero-order valence-corrected chi connectivity index (χ0v) is 15.9. The van der Waals surface area contributed by atoms with E-state index in [9.17, 15) is 4.79 Å². The molecule has 1 aromatic heterocycles. The molecular weight excluding hydrogens is 368 g/mol. The molecule has 2 N–H and O–H groups in total. The van der Waals surface area contributed by atoms with Crippen LogP contribution >= 0.6 is 11.6 Å². The fourth-order valence-corrected chi connectivity index (χ4v) is 2.82. The molecule has 0 saturated carbocycles. The van der Waals surface area contributed by atoms with E-state index in [4.69, 9.17) is 25.5 Å². The number of carbonyl (C=O) groups is 1. The Balaban J connectivity index is 1.59. The molecule has 2 aromatic carbocycles. The Morgan fingerprint density at radius 2 is 2.00 bits per heavy atom. The van der Waals surface area contributed by atoms with Gasteiger partial charge in [0, 0.05) is 18.2 Å². The molecule has 1 atom stereocenters. The molecule has 0 fully saturated rings. The van der Waals surface area contributed by atoms with Crippen molar-refractivity contribution >= 4 is 34.3 Å². The number of methoxy groups -OCH3 is 1. The third kappa shape index (κ3) is 4.93. The van der Waals surface area contributed by atoms with Gasteiger partial charge in [-0.1, -0.05) is 29.8 Å². The van der Waals surface area contributed by atoms with Crippen LogP contribution in [0.1, 0.15) is 18.7 Å². The number of benzene rings is 2. The topological polar surface area (TPSA) is 72.7 Å². The van der Waals surface area contributed by atoms with Gasteiger partial charge in [-0.05, 0) is 37.3 Å². The minimum atomic E-state index is -0.355. The van der Waals surface area contributed by atoms with Crippen LogP contribution in [0.2, 0.25) is 5.02 Å². The van der Waals surface area contributed by atoms with Gasteiger partial charge in [-0.15, -0.1) is 0 Å². The third-order valence-electron chi connectivity index (χ3n) is 3.95. The molecule has 0 bridgehead atoms. The molecule has 142 valence electrons. The molecule has 0 aliphatic rings. The third-order valence-corrected chi connectivity index (χ3v) is 4.25. The first-order valence-electron chi connectivity index (χ1n) is 8.54. The molecule has 3 rings (SSSR count). The van der Waals surface area contributed by atoms with E-state index in [1.807, 2.05) is 37.3 Å². The summed E-state index contributed by atoms with van der Waals surface area (Å²) in [7, 11) is 1.60. The Labute approximate surface area is 162 Å². The van der Waals surface area contributed by atoms with Gasteiger partial charge in [0.05, 0.1) is 17.7 Å². The van der Waals surface area contributed by atoms with Crippen molar-refractivity contribution in [3.05, 3.63) is 59.3 Å². The molecule has 2 amide bonds. The Kier molecular flexibility index (Phi) is 6.21. The summed E-state index contributed by atoms with van der Waals surface area (Å²) in [5, 5.41) is 7.01. The number of anilines is 1. The highest BCUT2D eigenvalue weighted by Gasteiger charge is 2.14. The first kappa shape index (κ1) is 19.1. The van der Waals surface area contributed by atoms with Crippen molar-refractivity contribution in [2.75, 3.05) is 25.6 Å². The second-order valence-corrected chi connectivity index (χ2v) is 6.40. The fraction of sp³-hybridized carbons (Fsp3) is 0.250. The average Bonchev–Trinajstić information content (AvgIpc) is 3.08. The van der Waals surface area contributed by atoms with E-state index in [0.29, 0.717) is 35.4 Å². The average molecular weight is 389 g/mol. The minimum absolute atomic E-state index is 0.287. The lowest BCUT2D eigenvalue weighted by Gasteiger charge is -2.13. The molecule has 0 saturated heterocycles. The molecule has 6 nitrogen and oxygen atoms in total. The molecule has 1 heterocycles. The summed E-state index contributed by atoms with van der Waals surface area (Å²) in [4.78, 5) is 12.3. The summed E-state index contributed by atoms with van der Waals surface area (Å²) in [6.45, 7) is 2.73. The van der Waals surface area contributed by atoms with E-state index in [0.717, 1.165) is 11.0 Å². The summed E-state index contributed by atoms with van der Waals surface area (Å²) in [5.41, 5.74) is 1.35. The van der Waals surface area contributed by atoms with Gasteiger partial charge in [0.2, 0.25) is 0 Å². The van der Waals surface area contributed by atoms with Gasteiger partial charge >= 0.3 is 6.03 Å². The van der Waals surface area contributed by atoms with E-state index in [2.05, 4.69) is 10.6 Å². The predicted octanol–water partition coefficient (Wildman–Crippen LogP) is 4.99. The maximum absolute atomic E-state index is 12.3. The van der Waals surface area contributed by atoms with Crippen molar-refractivity contribution in [3.63, 3.8) is 0 Å². The number of halogens is 1. The van der Waals surface area contributed by atoms with Gasteiger partial charge in [-0.3, -0.25) is 0 Å². The number of para-hydroxylation sites is 1. The lowest BCUT2D eigenvalue weighted by Crippen LogP contribution is -2.30. The summed E-state index contributed by atoms with van der Waals surface area (Å²) in [6.07, 6.45) is 0. The SMILES string of the molecule is COCCOc1ccc(NC(=O)NC(C)c2cc3ccccc3o2)cc1Cl. The van der Waals surface area contributed by atoms with Crippen molar-refractivity contribution in [1.82, 2.24) is 5.32 Å². The lowest BCUT2D eigenvalue weighted by atomic mass is 10.2. The number of urea groups is 1. The number of furan rings is 1. The number of nitrogens with one attached hydrogen (secondary N) is 2. The van der Waals surface area contributed by atoms with Crippen LogP contribution in [0.3, 0.4) is 0 Å². The van der Waals surface area contributed by atoms with Crippen molar-refractivity contribution in [1.29, 1.82) is 0 Å². The minimum Gasteiger partial charge on any atom is -0.490 e. The van der Waals surface area contributed by atoms with Crippen LogP contribution in [0.4, 0.5) is 10.5 Å². The molecule has 3 aromatic rings. The van der Waals surface area contributed by atoms with Gasteiger partial charge in [0.15, 0.2) is 0 Å². The van der Waals surface area contributed by atoms with Crippen LogP contribution in [0.15, 0.2) is 52.9 Å². The van der Waals surface area contributed by atoms with Gasteiger partial charge in [0.25, 0.3) is 0 Å². The summed E-state index contributed by atoms with van der Waals surface area (Å²) in [5.74, 6) is 1.22. The zero-order chi connectivity index (χ0) is 19.2. The van der Waals surface area contributed by atoms with Gasteiger partial charge in [0.1, 0.15) is 23.7 Å². The van der Waals surface area contributed by atoms with Crippen LogP contribution in [-0.4, -0.2) is 26.4 Å². The second-order valence-electron chi connectivity index (χ2n) is 5.99. The number of ether oxygens (including phenoxy) is 2. The Bertz CT molecular complexity index is 892. The molecule has 1 unspecified atom stereocenters. The first-order valence-corrected chi connectivity index (χ1v) is 8.92. The van der Waals surface area contributed by atoms with Crippen molar-refractivity contribution in [2.45, 2.75) is 13.0 Å². The number of fused-ring (bicyclic) bond motifs is 1. The van der Waals surface area contributed by atoms with Gasteiger partial charge in [-0.25, -0.2) is 4.79 Å². The van der Waals surface area contributed by atoms with Gasteiger partial charge < -0.3 is 24.5 Å². The standard InChI is InChI=1S/C20H21ClN2O4/c1-13(19-11-14-5-3-4-6-17(14)27-19)22-20(24)23-15-7-8-18(16(21)12-15)26-10-9-25-2/h3-8,11-13H,9-10H2,1-2H3,(H2,22,23,24). The van der Waals surface area contributed by atoms with Crippen LogP contribution in [0, 0.1) is 0 Å². The molecule has 0 aliphatic heterocycles. The Hall–Kier alpha value is -2.70. The van der Waals surface area contributed by atoms with E-state index >= 15 is 0 Å². The number of hydrogen-bond acceptors (Lipinski definition) is 4. The Morgan fingerprint density at radius 3 is 2.74 bits per heavy atom. The number of carbonyl (C=O) groups excluding carboxylic acids is 1. The predicted molar refractivity (Wildman–Crippen MR) is 106 cm³/mol.